The summed E-state index contributed by atoms with van der Waals surface area (Å²) in [4.78, 5) is 19.2. The van der Waals surface area contributed by atoms with E-state index in [-0.39, 0.29) is 5.91 Å². The molecule has 1 heterocycles. The molecule has 0 bridgehead atoms. The monoisotopic (exact) mass is 287 g/mol. The first-order valence-corrected chi connectivity index (χ1v) is 7.14. The molecule has 5 heteroatoms. The molecule has 21 heavy (non-hydrogen) atoms. The average molecular weight is 287 g/mol. The number of hydrogen-bond acceptors (Lipinski definition) is 3. The molecule has 0 aliphatic heterocycles. The number of imidazole rings is 1. The highest BCUT2D eigenvalue weighted by Gasteiger charge is 2.07. The first-order chi connectivity index (χ1) is 10.1. The van der Waals surface area contributed by atoms with Gasteiger partial charge in [0.25, 0.3) is 5.91 Å². The van der Waals surface area contributed by atoms with E-state index in [1.54, 1.807) is 24.5 Å². The maximum Gasteiger partial charge on any atom is 0.251 e. The van der Waals surface area contributed by atoms with Gasteiger partial charge in [0.1, 0.15) is 11.6 Å². The number of ether oxygens (including phenoxy) is 1. The lowest BCUT2D eigenvalue weighted by Gasteiger charge is -2.10. The number of aromatic amines is 1. The topological polar surface area (TPSA) is 67.0 Å². The number of hydrogen-bond donors (Lipinski definition) is 2. The molecule has 5 nitrogen and oxygen atoms in total. The van der Waals surface area contributed by atoms with E-state index in [1.165, 1.54) is 0 Å². The predicted molar refractivity (Wildman–Crippen MR) is 81.4 cm³/mol. The third-order valence-electron chi connectivity index (χ3n) is 2.88. The van der Waals surface area contributed by atoms with Crippen LogP contribution in [0, 0.1) is 5.92 Å². The normalized spacial score (nSPS) is 10.6. The molecule has 0 saturated heterocycles. The number of rotatable bonds is 7. The van der Waals surface area contributed by atoms with Crippen LogP contribution in [-0.4, -0.2) is 29.0 Å². The van der Waals surface area contributed by atoms with Gasteiger partial charge in [-0.1, -0.05) is 19.9 Å². The van der Waals surface area contributed by atoms with Crippen LogP contribution in [0.3, 0.4) is 0 Å². The summed E-state index contributed by atoms with van der Waals surface area (Å²) in [5.41, 5.74) is 0.607. The van der Waals surface area contributed by atoms with Crippen molar-refractivity contribution in [3.8, 4) is 5.75 Å². The van der Waals surface area contributed by atoms with Crippen LogP contribution in [-0.2, 0) is 6.42 Å². The molecular formula is C16H21N3O2. The number of nitrogens with one attached hydrogen (secondary N) is 2. The van der Waals surface area contributed by atoms with E-state index in [0.717, 1.165) is 11.6 Å². The van der Waals surface area contributed by atoms with Crippen molar-refractivity contribution in [2.24, 2.45) is 5.92 Å². The number of carbonyl (C=O) groups excluding carboxylic acids is 1. The number of benzene rings is 1. The molecule has 1 aromatic heterocycles. The fraction of sp³-hybridized carbons (Fsp3) is 0.375. The van der Waals surface area contributed by atoms with Crippen molar-refractivity contribution >= 4 is 5.91 Å². The summed E-state index contributed by atoms with van der Waals surface area (Å²) in [6.07, 6.45) is 4.15. The Balaban J connectivity index is 1.85. The Hall–Kier alpha value is -2.30. The Morgan fingerprint density at radius 2 is 2.29 bits per heavy atom. The van der Waals surface area contributed by atoms with Crippen molar-refractivity contribution in [2.75, 3.05) is 13.2 Å². The SMILES string of the molecule is CC(C)COc1cccc(C(=O)NCCc2ncc[nH]2)c1. The number of aromatic nitrogens is 2. The molecule has 0 aliphatic carbocycles. The smallest absolute Gasteiger partial charge is 0.251 e. The molecule has 0 radical (unpaired) electrons. The Kier molecular flexibility index (Phi) is 5.37. The third-order valence-corrected chi connectivity index (χ3v) is 2.88. The second-order valence-electron chi connectivity index (χ2n) is 5.27. The first-order valence-electron chi connectivity index (χ1n) is 7.14. The van der Waals surface area contributed by atoms with Gasteiger partial charge in [-0.2, -0.15) is 0 Å². The third kappa shape index (κ3) is 4.95. The fourth-order valence-electron chi connectivity index (χ4n) is 1.82. The molecule has 112 valence electrons. The minimum absolute atomic E-state index is 0.100. The van der Waals surface area contributed by atoms with E-state index < -0.39 is 0 Å². The van der Waals surface area contributed by atoms with Gasteiger partial charge in [0, 0.05) is 30.9 Å². The highest BCUT2D eigenvalue weighted by molar-refractivity contribution is 5.94. The molecule has 0 fully saturated rings. The zero-order chi connectivity index (χ0) is 15.1. The van der Waals surface area contributed by atoms with E-state index in [0.29, 0.717) is 31.1 Å². The lowest BCUT2D eigenvalue weighted by atomic mass is 10.2. The van der Waals surface area contributed by atoms with Crippen LogP contribution in [0.25, 0.3) is 0 Å². The van der Waals surface area contributed by atoms with E-state index in [1.807, 2.05) is 12.1 Å². The molecule has 0 spiro atoms. The second-order valence-corrected chi connectivity index (χ2v) is 5.27. The van der Waals surface area contributed by atoms with Crippen LogP contribution in [0.15, 0.2) is 36.7 Å². The Morgan fingerprint density at radius 1 is 1.43 bits per heavy atom. The van der Waals surface area contributed by atoms with Gasteiger partial charge in [-0.3, -0.25) is 4.79 Å². The van der Waals surface area contributed by atoms with Gasteiger partial charge in [0.15, 0.2) is 0 Å². The van der Waals surface area contributed by atoms with Crippen molar-refractivity contribution in [3.63, 3.8) is 0 Å². The Bertz CT molecular complexity index is 565. The molecule has 2 N–H and O–H groups in total. The van der Waals surface area contributed by atoms with Gasteiger partial charge >= 0.3 is 0 Å². The van der Waals surface area contributed by atoms with Crippen molar-refractivity contribution in [3.05, 3.63) is 48.0 Å². The molecule has 0 aliphatic rings. The zero-order valence-electron chi connectivity index (χ0n) is 12.4. The van der Waals surface area contributed by atoms with Crippen molar-refractivity contribution in [2.45, 2.75) is 20.3 Å². The van der Waals surface area contributed by atoms with Gasteiger partial charge in [-0.05, 0) is 24.1 Å². The van der Waals surface area contributed by atoms with Gasteiger partial charge in [0.2, 0.25) is 0 Å². The summed E-state index contributed by atoms with van der Waals surface area (Å²) in [6.45, 7) is 5.36. The van der Waals surface area contributed by atoms with Crippen LogP contribution in [0.1, 0.15) is 30.0 Å². The fourth-order valence-corrected chi connectivity index (χ4v) is 1.82. The maximum atomic E-state index is 12.1. The minimum Gasteiger partial charge on any atom is -0.493 e. The number of carbonyl (C=O) groups is 1. The van der Waals surface area contributed by atoms with Crippen molar-refractivity contribution < 1.29 is 9.53 Å². The predicted octanol–water partition coefficient (Wildman–Crippen LogP) is 2.42. The average Bonchev–Trinajstić information content (AvgIpc) is 2.98. The van der Waals surface area contributed by atoms with Crippen LogP contribution in [0.4, 0.5) is 0 Å². The number of H-pyrrole nitrogens is 1. The maximum absolute atomic E-state index is 12.1. The van der Waals surface area contributed by atoms with Gasteiger partial charge < -0.3 is 15.0 Å². The summed E-state index contributed by atoms with van der Waals surface area (Å²) in [5.74, 6) is 1.94. The minimum atomic E-state index is -0.100. The van der Waals surface area contributed by atoms with Crippen molar-refractivity contribution in [1.29, 1.82) is 0 Å². The van der Waals surface area contributed by atoms with Gasteiger partial charge in [-0.25, -0.2) is 4.98 Å². The quantitative estimate of drug-likeness (QED) is 0.822. The van der Waals surface area contributed by atoms with E-state index in [2.05, 4.69) is 29.1 Å². The summed E-state index contributed by atoms with van der Waals surface area (Å²) in [5, 5.41) is 2.87. The summed E-state index contributed by atoms with van der Waals surface area (Å²) < 4.78 is 5.63. The molecule has 0 unspecified atom stereocenters. The molecule has 2 aromatic rings. The molecule has 0 saturated carbocycles. The first kappa shape index (κ1) is 15.1. The standard InChI is InChI=1S/C16H21N3O2/c1-12(2)11-21-14-5-3-4-13(10-14)16(20)19-7-6-15-17-8-9-18-15/h3-5,8-10,12H,6-7,11H2,1-2H3,(H,17,18)(H,19,20). The Morgan fingerprint density at radius 3 is 3.00 bits per heavy atom. The van der Waals surface area contributed by atoms with Crippen molar-refractivity contribution in [1.82, 2.24) is 15.3 Å². The summed E-state index contributed by atoms with van der Waals surface area (Å²) >= 11 is 0. The van der Waals surface area contributed by atoms with Crippen LogP contribution < -0.4 is 10.1 Å². The van der Waals surface area contributed by atoms with E-state index >= 15 is 0 Å². The molecule has 0 atom stereocenters. The van der Waals surface area contributed by atoms with Crippen LogP contribution in [0.2, 0.25) is 0 Å². The zero-order valence-corrected chi connectivity index (χ0v) is 12.4. The summed E-state index contributed by atoms with van der Waals surface area (Å²) in [7, 11) is 0. The summed E-state index contributed by atoms with van der Waals surface area (Å²) in [6, 6.07) is 7.24. The van der Waals surface area contributed by atoms with E-state index in [4.69, 9.17) is 4.74 Å². The van der Waals surface area contributed by atoms with Crippen LogP contribution in [0.5, 0.6) is 5.75 Å². The lowest BCUT2D eigenvalue weighted by Crippen LogP contribution is -2.26. The molecular weight excluding hydrogens is 266 g/mol. The van der Waals surface area contributed by atoms with Gasteiger partial charge in [-0.15, -0.1) is 0 Å². The lowest BCUT2D eigenvalue weighted by molar-refractivity contribution is 0.0953. The largest absolute Gasteiger partial charge is 0.493 e. The highest BCUT2D eigenvalue weighted by atomic mass is 16.5. The second kappa shape index (κ2) is 7.47. The Labute approximate surface area is 124 Å². The van der Waals surface area contributed by atoms with Crippen LogP contribution >= 0.6 is 0 Å². The molecule has 2 rings (SSSR count). The van der Waals surface area contributed by atoms with E-state index in [9.17, 15) is 4.79 Å². The highest BCUT2D eigenvalue weighted by Crippen LogP contribution is 2.14. The number of nitrogens with zero attached hydrogens (tertiary/aromatic N) is 1. The molecule has 1 amide bonds. The molecule has 1 aromatic carbocycles. The number of amides is 1. The van der Waals surface area contributed by atoms with Gasteiger partial charge in [0.05, 0.1) is 6.61 Å².